The number of para-hydroxylation sites is 1. The highest BCUT2D eigenvalue weighted by molar-refractivity contribution is 6.15. The standard InChI is InChI=1S/C29H26N2O3/c1-20-11-9-17-24(21-12-5-4-6-13-21)27(20)28(32)30-26-18-8-7-16-25(26)29(33)31(2)22-14-10-15-23(19-22)34-3/h4-19H,1-3H3,(H,30,32). The van der Waals surface area contributed by atoms with E-state index in [-0.39, 0.29) is 11.8 Å². The van der Waals surface area contributed by atoms with Gasteiger partial charge in [-0.2, -0.15) is 0 Å². The van der Waals surface area contributed by atoms with E-state index in [4.69, 9.17) is 4.74 Å². The van der Waals surface area contributed by atoms with E-state index in [9.17, 15) is 9.59 Å². The van der Waals surface area contributed by atoms with Crippen molar-refractivity contribution in [2.24, 2.45) is 0 Å². The lowest BCUT2D eigenvalue weighted by Gasteiger charge is -2.20. The van der Waals surface area contributed by atoms with Gasteiger partial charge >= 0.3 is 0 Å². The van der Waals surface area contributed by atoms with E-state index in [0.29, 0.717) is 28.3 Å². The van der Waals surface area contributed by atoms with Crippen molar-refractivity contribution in [2.45, 2.75) is 6.92 Å². The summed E-state index contributed by atoms with van der Waals surface area (Å²) in [6, 6.07) is 29.9. The molecule has 0 unspecified atom stereocenters. The number of carbonyl (C=O) groups is 2. The number of amides is 2. The topological polar surface area (TPSA) is 58.6 Å². The highest BCUT2D eigenvalue weighted by Crippen LogP contribution is 2.28. The van der Waals surface area contributed by atoms with Gasteiger partial charge < -0.3 is 15.0 Å². The Hall–Kier alpha value is -4.38. The number of hydrogen-bond acceptors (Lipinski definition) is 3. The number of aryl methyl sites for hydroxylation is 1. The second kappa shape index (κ2) is 10.0. The Morgan fingerprint density at radius 2 is 1.53 bits per heavy atom. The van der Waals surface area contributed by atoms with Crippen molar-refractivity contribution < 1.29 is 14.3 Å². The zero-order valence-corrected chi connectivity index (χ0v) is 19.4. The zero-order chi connectivity index (χ0) is 24.1. The Bertz CT molecular complexity index is 1330. The third-order valence-electron chi connectivity index (χ3n) is 5.74. The third-order valence-corrected chi connectivity index (χ3v) is 5.74. The maximum Gasteiger partial charge on any atom is 0.260 e. The van der Waals surface area contributed by atoms with Gasteiger partial charge in [0.1, 0.15) is 5.75 Å². The lowest BCUT2D eigenvalue weighted by Crippen LogP contribution is -2.27. The van der Waals surface area contributed by atoms with Gasteiger partial charge in [0, 0.05) is 18.8 Å². The lowest BCUT2D eigenvalue weighted by molar-refractivity contribution is 0.0994. The average Bonchev–Trinajstić information content (AvgIpc) is 2.88. The first-order valence-electron chi connectivity index (χ1n) is 11.0. The van der Waals surface area contributed by atoms with E-state index in [1.54, 1.807) is 44.5 Å². The molecule has 5 nitrogen and oxygen atoms in total. The van der Waals surface area contributed by atoms with Crippen molar-refractivity contribution >= 4 is 23.2 Å². The van der Waals surface area contributed by atoms with Gasteiger partial charge in [0.2, 0.25) is 0 Å². The van der Waals surface area contributed by atoms with Crippen LogP contribution >= 0.6 is 0 Å². The number of methoxy groups -OCH3 is 1. The van der Waals surface area contributed by atoms with Gasteiger partial charge in [0.05, 0.1) is 23.9 Å². The minimum absolute atomic E-state index is 0.239. The van der Waals surface area contributed by atoms with E-state index in [0.717, 1.165) is 16.7 Å². The number of ether oxygens (including phenoxy) is 1. The number of carbonyl (C=O) groups excluding carboxylic acids is 2. The van der Waals surface area contributed by atoms with Crippen LogP contribution in [0.15, 0.2) is 97.1 Å². The number of hydrogen-bond donors (Lipinski definition) is 1. The van der Waals surface area contributed by atoms with Crippen LogP contribution in [0.1, 0.15) is 26.3 Å². The summed E-state index contributed by atoms with van der Waals surface area (Å²) in [5.74, 6) is 0.158. The molecule has 34 heavy (non-hydrogen) atoms. The van der Waals surface area contributed by atoms with Gasteiger partial charge in [-0.05, 0) is 47.9 Å². The molecule has 0 spiro atoms. The van der Waals surface area contributed by atoms with Crippen LogP contribution in [0.25, 0.3) is 11.1 Å². The predicted molar refractivity (Wildman–Crippen MR) is 137 cm³/mol. The molecule has 1 N–H and O–H groups in total. The Morgan fingerprint density at radius 1 is 0.824 bits per heavy atom. The fourth-order valence-corrected chi connectivity index (χ4v) is 3.91. The molecule has 4 aromatic carbocycles. The number of nitrogens with zero attached hydrogens (tertiary/aromatic N) is 1. The summed E-state index contributed by atoms with van der Waals surface area (Å²) in [5, 5.41) is 2.98. The highest BCUT2D eigenvalue weighted by atomic mass is 16.5. The van der Waals surface area contributed by atoms with E-state index in [2.05, 4.69) is 5.32 Å². The zero-order valence-electron chi connectivity index (χ0n) is 19.4. The molecule has 170 valence electrons. The maximum atomic E-state index is 13.5. The number of nitrogens with one attached hydrogen (secondary N) is 1. The second-order valence-corrected chi connectivity index (χ2v) is 7.93. The van der Waals surface area contributed by atoms with Crippen molar-refractivity contribution in [3.8, 4) is 16.9 Å². The van der Waals surface area contributed by atoms with Crippen LogP contribution < -0.4 is 15.0 Å². The fraction of sp³-hybridized carbons (Fsp3) is 0.103. The van der Waals surface area contributed by atoms with Crippen LogP contribution in [-0.2, 0) is 0 Å². The smallest absolute Gasteiger partial charge is 0.260 e. The molecule has 0 atom stereocenters. The Labute approximate surface area is 199 Å². The molecule has 0 saturated heterocycles. The fourth-order valence-electron chi connectivity index (χ4n) is 3.91. The van der Waals surface area contributed by atoms with Crippen molar-refractivity contribution in [2.75, 3.05) is 24.4 Å². The third kappa shape index (κ3) is 4.69. The summed E-state index contributed by atoms with van der Waals surface area (Å²) in [5.41, 5.74) is 4.78. The van der Waals surface area contributed by atoms with Crippen LogP contribution in [0, 0.1) is 6.92 Å². The molecule has 0 fully saturated rings. The van der Waals surface area contributed by atoms with Crippen molar-refractivity contribution in [1.82, 2.24) is 0 Å². The van der Waals surface area contributed by atoms with Crippen LogP contribution in [-0.4, -0.2) is 26.0 Å². The SMILES string of the molecule is COc1cccc(N(C)C(=O)c2ccccc2NC(=O)c2c(C)cccc2-c2ccccc2)c1. The number of benzene rings is 4. The van der Waals surface area contributed by atoms with Crippen molar-refractivity contribution in [1.29, 1.82) is 0 Å². The Balaban J connectivity index is 1.66. The molecule has 0 aliphatic carbocycles. The summed E-state index contributed by atoms with van der Waals surface area (Å²) in [6.07, 6.45) is 0. The van der Waals surface area contributed by atoms with Gasteiger partial charge in [-0.15, -0.1) is 0 Å². The molecule has 4 aromatic rings. The van der Waals surface area contributed by atoms with Crippen LogP contribution in [0.2, 0.25) is 0 Å². The molecule has 5 heteroatoms. The van der Waals surface area contributed by atoms with Crippen molar-refractivity contribution in [3.05, 3.63) is 114 Å². The summed E-state index contributed by atoms with van der Waals surface area (Å²) >= 11 is 0. The quantitative estimate of drug-likeness (QED) is 0.380. The first-order chi connectivity index (χ1) is 16.5. The van der Waals surface area contributed by atoms with E-state index in [1.807, 2.05) is 73.7 Å². The first-order valence-corrected chi connectivity index (χ1v) is 11.0. The normalized spacial score (nSPS) is 10.4. The molecular weight excluding hydrogens is 424 g/mol. The molecule has 0 saturated carbocycles. The van der Waals surface area contributed by atoms with Gasteiger partial charge in [0.15, 0.2) is 0 Å². The predicted octanol–water partition coefficient (Wildman–Crippen LogP) is 6.20. The average molecular weight is 451 g/mol. The molecule has 2 amide bonds. The van der Waals surface area contributed by atoms with E-state index < -0.39 is 0 Å². The maximum absolute atomic E-state index is 13.5. The van der Waals surface area contributed by atoms with Gasteiger partial charge in [-0.1, -0.05) is 66.7 Å². The van der Waals surface area contributed by atoms with Gasteiger partial charge in [-0.25, -0.2) is 0 Å². The van der Waals surface area contributed by atoms with Crippen LogP contribution in [0.3, 0.4) is 0 Å². The highest BCUT2D eigenvalue weighted by Gasteiger charge is 2.21. The Morgan fingerprint density at radius 3 is 2.29 bits per heavy atom. The first kappa shape index (κ1) is 22.8. The molecule has 0 aliphatic rings. The molecule has 0 aliphatic heterocycles. The van der Waals surface area contributed by atoms with Gasteiger partial charge in [0.25, 0.3) is 11.8 Å². The minimum Gasteiger partial charge on any atom is -0.497 e. The molecule has 0 bridgehead atoms. The summed E-state index contributed by atoms with van der Waals surface area (Å²) in [6.45, 7) is 1.91. The van der Waals surface area contributed by atoms with Crippen molar-refractivity contribution in [3.63, 3.8) is 0 Å². The lowest BCUT2D eigenvalue weighted by atomic mass is 9.95. The molecule has 0 aromatic heterocycles. The second-order valence-electron chi connectivity index (χ2n) is 7.93. The number of anilines is 2. The molecule has 0 heterocycles. The number of rotatable bonds is 6. The summed E-state index contributed by atoms with van der Waals surface area (Å²) in [7, 11) is 3.28. The van der Waals surface area contributed by atoms with Crippen LogP contribution in [0.5, 0.6) is 5.75 Å². The summed E-state index contributed by atoms with van der Waals surface area (Å²) < 4.78 is 5.28. The molecular formula is C29H26N2O3. The summed E-state index contributed by atoms with van der Waals surface area (Å²) in [4.78, 5) is 28.4. The van der Waals surface area contributed by atoms with E-state index in [1.165, 1.54) is 4.90 Å². The van der Waals surface area contributed by atoms with Crippen LogP contribution in [0.4, 0.5) is 11.4 Å². The molecule has 4 rings (SSSR count). The largest absolute Gasteiger partial charge is 0.497 e. The Kier molecular flexibility index (Phi) is 6.74. The minimum atomic E-state index is -0.263. The van der Waals surface area contributed by atoms with Gasteiger partial charge in [-0.3, -0.25) is 9.59 Å². The van der Waals surface area contributed by atoms with E-state index >= 15 is 0 Å². The monoisotopic (exact) mass is 450 g/mol. The molecule has 0 radical (unpaired) electrons.